The predicted octanol–water partition coefficient (Wildman–Crippen LogP) is 2.10. The molecule has 2 aliphatic heterocycles. The number of rotatable bonds is 4. The normalized spacial score (nSPS) is 22.0. The van der Waals surface area contributed by atoms with Crippen LogP contribution in [0.4, 0.5) is 0 Å². The minimum absolute atomic E-state index is 0.0165. The third-order valence-corrected chi connectivity index (χ3v) is 5.37. The minimum atomic E-state index is -0.0165. The second-order valence-electron chi connectivity index (χ2n) is 7.24. The Kier molecular flexibility index (Phi) is 6.45. The molecule has 3 rings (SSSR count). The van der Waals surface area contributed by atoms with E-state index in [0.29, 0.717) is 6.54 Å². The van der Waals surface area contributed by atoms with Gasteiger partial charge in [0, 0.05) is 52.7 Å². The van der Waals surface area contributed by atoms with Crippen LogP contribution in [0.1, 0.15) is 25.3 Å². The molecule has 0 spiro atoms. The first-order valence-corrected chi connectivity index (χ1v) is 9.62. The summed E-state index contributed by atoms with van der Waals surface area (Å²) < 4.78 is 0. The molecule has 2 heterocycles. The van der Waals surface area contributed by atoms with Crippen LogP contribution in [0, 0.1) is 5.92 Å². The highest BCUT2D eigenvalue weighted by molar-refractivity contribution is 5.81. The van der Waals surface area contributed by atoms with E-state index in [1.54, 1.807) is 6.92 Å². The zero-order valence-corrected chi connectivity index (χ0v) is 15.6. The van der Waals surface area contributed by atoms with E-state index >= 15 is 0 Å². The van der Waals surface area contributed by atoms with Gasteiger partial charge in [-0.25, -0.2) is 0 Å². The van der Waals surface area contributed by atoms with Crippen molar-refractivity contribution in [2.45, 2.75) is 19.8 Å². The lowest BCUT2D eigenvalue weighted by atomic mass is 9.96. The first-order valence-electron chi connectivity index (χ1n) is 9.62. The molecule has 0 bridgehead atoms. The van der Waals surface area contributed by atoms with E-state index in [0.717, 1.165) is 52.1 Å². The maximum atomic E-state index is 12.8. The van der Waals surface area contributed by atoms with Crippen LogP contribution < -0.4 is 0 Å². The number of hydrogen-bond acceptors (Lipinski definition) is 3. The fraction of sp³-hybridized carbons (Fsp3) is 0.524. The van der Waals surface area contributed by atoms with Gasteiger partial charge in [0.2, 0.25) is 11.8 Å². The topological polar surface area (TPSA) is 43.9 Å². The Hall–Kier alpha value is -2.14. The Balaban J connectivity index is 1.43. The Morgan fingerprint density at radius 3 is 2.46 bits per heavy atom. The third-order valence-electron chi connectivity index (χ3n) is 5.37. The van der Waals surface area contributed by atoms with Crippen molar-refractivity contribution in [3.63, 3.8) is 0 Å². The number of piperazine rings is 1. The Bertz CT molecular complexity index is 636. The maximum absolute atomic E-state index is 12.8. The van der Waals surface area contributed by atoms with Crippen LogP contribution in [0.2, 0.25) is 0 Å². The molecule has 2 aliphatic rings. The summed E-state index contributed by atoms with van der Waals surface area (Å²) in [5, 5.41) is 0. The van der Waals surface area contributed by atoms with E-state index in [4.69, 9.17) is 0 Å². The average molecular weight is 355 g/mol. The van der Waals surface area contributed by atoms with E-state index in [1.807, 2.05) is 28.0 Å². The van der Waals surface area contributed by atoms with Crippen LogP contribution in [0.3, 0.4) is 0 Å². The molecular formula is C21H29N3O2. The lowest BCUT2D eigenvalue weighted by molar-refractivity contribution is -0.141. The average Bonchev–Trinajstić information content (AvgIpc) is 2.69. The zero-order chi connectivity index (χ0) is 18.4. The van der Waals surface area contributed by atoms with Crippen LogP contribution >= 0.6 is 0 Å². The van der Waals surface area contributed by atoms with Crippen molar-refractivity contribution in [3.05, 3.63) is 42.0 Å². The number of nitrogens with zero attached hydrogens (tertiary/aromatic N) is 3. The molecule has 1 aromatic carbocycles. The van der Waals surface area contributed by atoms with Crippen LogP contribution in [-0.2, 0) is 9.59 Å². The Morgan fingerprint density at radius 1 is 1.04 bits per heavy atom. The highest BCUT2D eigenvalue weighted by Gasteiger charge is 2.31. The van der Waals surface area contributed by atoms with Crippen LogP contribution in [-0.4, -0.2) is 72.3 Å². The van der Waals surface area contributed by atoms with Crippen molar-refractivity contribution in [1.29, 1.82) is 0 Å². The number of amides is 2. The summed E-state index contributed by atoms with van der Waals surface area (Å²) in [6.07, 6.45) is 6.18. The van der Waals surface area contributed by atoms with Gasteiger partial charge >= 0.3 is 0 Å². The Morgan fingerprint density at radius 2 is 1.77 bits per heavy atom. The van der Waals surface area contributed by atoms with E-state index in [1.165, 1.54) is 5.56 Å². The second kappa shape index (κ2) is 8.99. The molecule has 140 valence electrons. The molecule has 2 fully saturated rings. The quantitative estimate of drug-likeness (QED) is 0.831. The lowest BCUT2D eigenvalue weighted by Crippen LogP contribution is -2.52. The molecule has 26 heavy (non-hydrogen) atoms. The van der Waals surface area contributed by atoms with Gasteiger partial charge in [-0.1, -0.05) is 42.5 Å². The van der Waals surface area contributed by atoms with Crippen LogP contribution in [0.5, 0.6) is 0 Å². The maximum Gasteiger partial charge on any atom is 0.227 e. The van der Waals surface area contributed by atoms with Crippen molar-refractivity contribution in [3.8, 4) is 0 Å². The fourth-order valence-corrected chi connectivity index (χ4v) is 3.78. The van der Waals surface area contributed by atoms with E-state index in [2.05, 4.69) is 29.2 Å². The van der Waals surface area contributed by atoms with Crippen molar-refractivity contribution >= 4 is 17.9 Å². The molecule has 0 saturated carbocycles. The predicted molar refractivity (Wildman–Crippen MR) is 103 cm³/mol. The highest BCUT2D eigenvalue weighted by atomic mass is 16.2. The molecule has 2 saturated heterocycles. The van der Waals surface area contributed by atoms with Gasteiger partial charge in [0.05, 0.1) is 5.92 Å². The van der Waals surface area contributed by atoms with Gasteiger partial charge in [0.15, 0.2) is 0 Å². The molecule has 5 nitrogen and oxygen atoms in total. The summed E-state index contributed by atoms with van der Waals surface area (Å²) in [5.41, 5.74) is 1.22. The number of piperidine rings is 1. The minimum Gasteiger partial charge on any atom is -0.342 e. The first-order chi connectivity index (χ1) is 12.6. The number of benzene rings is 1. The fourth-order valence-electron chi connectivity index (χ4n) is 3.78. The van der Waals surface area contributed by atoms with Crippen LogP contribution in [0.25, 0.3) is 6.08 Å². The van der Waals surface area contributed by atoms with Crippen LogP contribution in [0.15, 0.2) is 36.4 Å². The number of carbonyl (C=O) groups is 2. The lowest BCUT2D eigenvalue weighted by Gasteiger charge is -2.38. The summed E-state index contributed by atoms with van der Waals surface area (Å²) >= 11 is 0. The standard InChI is InChI=1S/C21H29N3O2/c1-18(25)24-12-6-10-20(17-24)21(26)23-15-13-22(14-16-23)11-5-9-19-7-3-2-4-8-19/h2-5,7-9,20H,6,10-17H2,1H3/b9-5+/t20-/m1/s1. The summed E-state index contributed by atoms with van der Waals surface area (Å²) in [5.74, 6) is 0.296. The van der Waals surface area contributed by atoms with Crippen molar-refractivity contribution < 1.29 is 9.59 Å². The first kappa shape index (κ1) is 18.6. The van der Waals surface area contributed by atoms with Gasteiger partial charge in [-0.3, -0.25) is 14.5 Å². The summed E-state index contributed by atoms with van der Waals surface area (Å²) in [6, 6.07) is 10.3. The van der Waals surface area contributed by atoms with E-state index < -0.39 is 0 Å². The Labute approximate surface area is 156 Å². The monoisotopic (exact) mass is 355 g/mol. The largest absolute Gasteiger partial charge is 0.342 e. The summed E-state index contributed by atoms with van der Waals surface area (Å²) in [6.45, 7) is 7.28. The second-order valence-corrected chi connectivity index (χ2v) is 7.24. The summed E-state index contributed by atoms with van der Waals surface area (Å²) in [4.78, 5) is 30.5. The van der Waals surface area contributed by atoms with Gasteiger partial charge in [-0.2, -0.15) is 0 Å². The number of carbonyl (C=O) groups excluding carboxylic acids is 2. The molecule has 1 atom stereocenters. The van der Waals surface area contributed by atoms with Gasteiger partial charge in [-0.05, 0) is 18.4 Å². The van der Waals surface area contributed by atoms with E-state index in [-0.39, 0.29) is 17.7 Å². The molecule has 5 heteroatoms. The van der Waals surface area contributed by atoms with Gasteiger partial charge in [0.1, 0.15) is 0 Å². The smallest absolute Gasteiger partial charge is 0.227 e. The third kappa shape index (κ3) is 4.94. The molecule has 0 aromatic heterocycles. The molecule has 0 radical (unpaired) electrons. The zero-order valence-electron chi connectivity index (χ0n) is 15.6. The number of hydrogen-bond donors (Lipinski definition) is 0. The van der Waals surface area contributed by atoms with Gasteiger partial charge in [0.25, 0.3) is 0 Å². The number of likely N-dealkylation sites (tertiary alicyclic amines) is 1. The van der Waals surface area contributed by atoms with E-state index in [9.17, 15) is 9.59 Å². The summed E-state index contributed by atoms with van der Waals surface area (Å²) in [7, 11) is 0. The SMILES string of the molecule is CC(=O)N1CCC[C@@H](C(=O)N2CCN(C/C=C/c3ccccc3)CC2)C1. The molecule has 1 aromatic rings. The highest BCUT2D eigenvalue weighted by Crippen LogP contribution is 2.20. The van der Waals surface area contributed by atoms with Crippen molar-refractivity contribution in [1.82, 2.24) is 14.7 Å². The molecule has 2 amide bonds. The molecule has 0 N–H and O–H groups in total. The van der Waals surface area contributed by atoms with Crippen molar-refractivity contribution in [2.75, 3.05) is 45.8 Å². The molecular weight excluding hydrogens is 326 g/mol. The van der Waals surface area contributed by atoms with Crippen molar-refractivity contribution in [2.24, 2.45) is 5.92 Å². The van der Waals surface area contributed by atoms with Gasteiger partial charge < -0.3 is 9.80 Å². The molecule has 0 aliphatic carbocycles. The van der Waals surface area contributed by atoms with Gasteiger partial charge in [-0.15, -0.1) is 0 Å². The molecule has 0 unspecified atom stereocenters.